The van der Waals surface area contributed by atoms with E-state index in [4.69, 9.17) is 27.5 Å². The normalized spacial score (nSPS) is 10.5. The molecule has 7 heteroatoms. The van der Waals surface area contributed by atoms with Crippen LogP contribution in [0.3, 0.4) is 0 Å². The topological polar surface area (TPSA) is 71.3 Å². The van der Waals surface area contributed by atoms with Crippen molar-refractivity contribution in [2.45, 2.75) is 6.92 Å². The number of ether oxygens (including phenoxy) is 2. The highest BCUT2D eigenvalue weighted by molar-refractivity contribution is 14.1. The molecule has 1 amide bonds. The van der Waals surface area contributed by atoms with Crippen LogP contribution in [0.15, 0.2) is 42.0 Å². The Kier molecular flexibility index (Phi) is 8.19. The molecule has 0 aliphatic carbocycles. The van der Waals surface area contributed by atoms with Crippen molar-refractivity contribution in [2.75, 3.05) is 18.5 Å². The molecule has 0 bridgehead atoms. The summed E-state index contributed by atoms with van der Waals surface area (Å²) in [5.74, 6) is 2.86. The molecule has 0 spiro atoms. The molecule has 0 saturated carbocycles. The minimum Gasteiger partial charge on any atom is -0.490 e. The van der Waals surface area contributed by atoms with Gasteiger partial charge in [0.25, 0.3) is 5.91 Å². The third kappa shape index (κ3) is 5.66. The van der Waals surface area contributed by atoms with Gasteiger partial charge in [-0.15, -0.1) is 6.42 Å². The van der Waals surface area contributed by atoms with Crippen molar-refractivity contribution >= 4 is 51.9 Å². The van der Waals surface area contributed by atoms with Gasteiger partial charge in [-0.2, -0.15) is 5.26 Å². The van der Waals surface area contributed by atoms with Gasteiger partial charge in [0.1, 0.15) is 18.2 Å². The van der Waals surface area contributed by atoms with Crippen molar-refractivity contribution in [3.05, 3.63) is 56.1 Å². The van der Waals surface area contributed by atoms with Crippen LogP contribution < -0.4 is 14.8 Å². The Morgan fingerprint density at radius 1 is 1.36 bits per heavy atom. The first kappa shape index (κ1) is 21.6. The molecule has 0 aliphatic rings. The molecular weight excluding hydrogens is 491 g/mol. The second-order valence-electron chi connectivity index (χ2n) is 5.36. The lowest BCUT2D eigenvalue weighted by atomic mass is 10.1. The summed E-state index contributed by atoms with van der Waals surface area (Å²) in [5, 5.41) is 12.4. The van der Waals surface area contributed by atoms with Gasteiger partial charge in [0, 0.05) is 0 Å². The number of nitrogens with one attached hydrogen (secondary N) is 1. The number of rotatable bonds is 7. The Morgan fingerprint density at radius 3 is 2.75 bits per heavy atom. The third-order valence-electron chi connectivity index (χ3n) is 3.43. The zero-order chi connectivity index (χ0) is 20.5. The van der Waals surface area contributed by atoms with Crippen molar-refractivity contribution in [1.82, 2.24) is 0 Å². The van der Waals surface area contributed by atoms with Crippen LogP contribution in [0.25, 0.3) is 6.08 Å². The first-order valence-corrected chi connectivity index (χ1v) is 9.66. The molecule has 142 valence electrons. The number of anilines is 1. The zero-order valence-electron chi connectivity index (χ0n) is 15.0. The fraction of sp³-hybridized carbons (Fsp3) is 0.143. The molecule has 0 heterocycles. The summed E-state index contributed by atoms with van der Waals surface area (Å²) in [6.07, 6.45) is 6.73. The molecule has 0 radical (unpaired) electrons. The van der Waals surface area contributed by atoms with Crippen LogP contribution in [0.5, 0.6) is 11.5 Å². The molecule has 5 nitrogen and oxygen atoms in total. The van der Waals surface area contributed by atoms with Crippen LogP contribution in [-0.2, 0) is 4.79 Å². The molecule has 2 aromatic rings. The molecular formula is C21H16ClIN2O3. The van der Waals surface area contributed by atoms with Gasteiger partial charge in [0.05, 0.1) is 20.9 Å². The minimum absolute atomic E-state index is 0.0736. The Bertz CT molecular complexity index is 990. The summed E-state index contributed by atoms with van der Waals surface area (Å²) < 4.78 is 11.9. The number of nitriles is 1. The molecule has 28 heavy (non-hydrogen) atoms. The van der Waals surface area contributed by atoms with E-state index in [0.717, 1.165) is 3.57 Å². The first-order valence-electron chi connectivity index (χ1n) is 8.20. The van der Waals surface area contributed by atoms with E-state index in [1.807, 2.05) is 13.0 Å². The predicted molar refractivity (Wildman–Crippen MR) is 118 cm³/mol. The number of para-hydroxylation sites is 1. The van der Waals surface area contributed by atoms with E-state index in [9.17, 15) is 10.1 Å². The molecule has 2 rings (SSSR count). The largest absolute Gasteiger partial charge is 0.490 e. The van der Waals surface area contributed by atoms with Gasteiger partial charge in [-0.05, 0) is 65.4 Å². The lowest BCUT2D eigenvalue weighted by Crippen LogP contribution is -2.13. The van der Waals surface area contributed by atoms with Crippen LogP contribution in [0.2, 0.25) is 5.02 Å². The molecule has 0 aliphatic heterocycles. The predicted octanol–water partition coefficient (Wildman–Crippen LogP) is 4.90. The highest BCUT2D eigenvalue weighted by atomic mass is 127. The highest BCUT2D eigenvalue weighted by Gasteiger charge is 2.15. The lowest BCUT2D eigenvalue weighted by molar-refractivity contribution is -0.112. The molecule has 0 fully saturated rings. The van der Waals surface area contributed by atoms with Gasteiger partial charge in [-0.25, -0.2) is 0 Å². The Hall–Kier alpha value is -2.68. The monoisotopic (exact) mass is 506 g/mol. The van der Waals surface area contributed by atoms with Gasteiger partial charge >= 0.3 is 0 Å². The summed E-state index contributed by atoms with van der Waals surface area (Å²) in [4.78, 5) is 12.5. The fourth-order valence-corrected chi connectivity index (χ4v) is 3.22. The maximum atomic E-state index is 12.5. The number of hydrogen-bond donors (Lipinski definition) is 1. The average molecular weight is 507 g/mol. The molecule has 2 aromatic carbocycles. The van der Waals surface area contributed by atoms with Gasteiger partial charge in [0.2, 0.25) is 0 Å². The number of benzene rings is 2. The van der Waals surface area contributed by atoms with Gasteiger partial charge in [-0.1, -0.05) is 29.7 Å². The van der Waals surface area contributed by atoms with Crippen molar-refractivity contribution in [3.8, 4) is 29.9 Å². The van der Waals surface area contributed by atoms with Crippen LogP contribution in [0, 0.1) is 27.2 Å². The average Bonchev–Trinajstić information content (AvgIpc) is 2.67. The smallest absolute Gasteiger partial charge is 0.266 e. The van der Waals surface area contributed by atoms with Crippen molar-refractivity contribution in [1.29, 1.82) is 5.26 Å². The van der Waals surface area contributed by atoms with Crippen molar-refractivity contribution in [2.24, 2.45) is 0 Å². The fourth-order valence-electron chi connectivity index (χ4n) is 2.26. The summed E-state index contributed by atoms with van der Waals surface area (Å²) in [5.41, 5.74) is 0.972. The summed E-state index contributed by atoms with van der Waals surface area (Å²) in [7, 11) is 0. The number of terminal acetylenes is 1. The lowest BCUT2D eigenvalue weighted by Gasteiger charge is -2.13. The number of hydrogen-bond acceptors (Lipinski definition) is 4. The van der Waals surface area contributed by atoms with Crippen LogP contribution in [0.4, 0.5) is 5.69 Å². The van der Waals surface area contributed by atoms with Crippen LogP contribution in [-0.4, -0.2) is 19.1 Å². The van der Waals surface area contributed by atoms with E-state index >= 15 is 0 Å². The van der Waals surface area contributed by atoms with E-state index in [-0.39, 0.29) is 12.2 Å². The molecule has 0 unspecified atom stereocenters. The zero-order valence-corrected chi connectivity index (χ0v) is 17.9. The number of amides is 1. The summed E-state index contributed by atoms with van der Waals surface area (Å²) in [6.45, 7) is 2.38. The van der Waals surface area contributed by atoms with Gasteiger partial charge in [-0.3, -0.25) is 4.79 Å². The minimum atomic E-state index is -0.559. The Morgan fingerprint density at radius 2 is 2.11 bits per heavy atom. The van der Waals surface area contributed by atoms with Gasteiger partial charge in [0.15, 0.2) is 11.5 Å². The van der Waals surface area contributed by atoms with E-state index in [1.165, 1.54) is 6.08 Å². The Labute approximate surface area is 182 Å². The number of carbonyl (C=O) groups excluding carboxylic acids is 1. The highest BCUT2D eigenvalue weighted by Crippen LogP contribution is 2.35. The molecule has 0 aromatic heterocycles. The van der Waals surface area contributed by atoms with Crippen LogP contribution in [0.1, 0.15) is 12.5 Å². The van der Waals surface area contributed by atoms with E-state index in [0.29, 0.717) is 34.4 Å². The van der Waals surface area contributed by atoms with E-state index in [2.05, 4.69) is 33.8 Å². The van der Waals surface area contributed by atoms with Crippen molar-refractivity contribution < 1.29 is 14.3 Å². The standard InChI is InChI=1S/C21H16ClIN2O3/c1-3-9-28-20-17(23)11-14(12-19(20)27-4-2)10-15(13-24)21(26)25-18-8-6-5-7-16(18)22/h1,5-8,10-12H,4,9H2,2H3,(H,25,26)/b15-10+. The van der Waals surface area contributed by atoms with Crippen molar-refractivity contribution in [3.63, 3.8) is 0 Å². The van der Waals surface area contributed by atoms with Gasteiger partial charge < -0.3 is 14.8 Å². The molecule has 1 N–H and O–H groups in total. The maximum absolute atomic E-state index is 12.5. The van der Waals surface area contributed by atoms with E-state index in [1.54, 1.807) is 36.4 Å². The quantitative estimate of drug-likeness (QED) is 0.251. The number of carbonyl (C=O) groups is 1. The molecule has 0 atom stereocenters. The second kappa shape index (κ2) is 10.6. The van der Waals surface area contributed by atoms with E-state index < -0.39 is 5.91 Å². The first-order chi connectivity index (χ1) is 13.5. The number of halogens is 2. The number of nitrogens with zero attached hydrogens (tertiary/aromatic N) is 1. The Balaban J connectivity index is 2.35. The third-order valence-corrected chi connectivity index (χ3v) is 4.56. The SMILES string of the molecule is C#CCOc1c(I)cc(/C=C(\C#N)C(=O)Nc2ccccc2Cl)cc1OCC. The van der Waals surface area contributed by atoms with Crippen LogP contribution >= 0.6 is 34.2 Å². The summed E-state index contributed by atoms with van der Waals surface area (Å²) in [6, 6.07) is 12.2. The maximum Gasteiger partial charge on any atom is 0.266 e. The summed E-state index contributed by atoms with van der Waals surface area (Å²) >= 11 is 8.14. The second-order valence-corrected chi connectivity index (χ2v) is 6.93. The molecule has 0 saturated heterocycles.